The smallest absolute Gasteiger partial charge is 0.375 e. The molecule has 0 aromatic rings. The Bertz CT molecular complexity index is 114. The van der Waals surface area contributed by atoms with Gasteiger partial charge in [-0.15, -0.1) is 6.58 Å². The molecule has 0 heterocycles. The van der Waals surface area contributed by atoms with Gasteiger partial charge in [0.05, 0.1) is 19.8 Å². The molecule has 0 amide bonds. The predicted octanol–water partition coefficient (Wildman–Crippen LogP) is 0.715. The van der Waals surface area contributed by atoms with E-state index in [1.165, 1.54) is 6.08 Å². The summed E-state index contributed by atoms with van der Waals surface area (Å²) in [7, 11) is 0. The predicted molar refractivity (Wildman–Crippen MR) is 36.1 cm³/mol. The standard InChI is InChI=1S/C6H11F2NO2/c1-2-3-10-4-5-11-6(7,8)9/h2H,1,3-5,9H2. The van der Waals surface area contributed by atoms with Gasteiger partial charge in [0.25, 0.3) is 0 Å². The maximum atomic E-state index is 11.7. The van der Waals surface area contributed by atoms with E-state index in [0.717, 1.165) is 0 Å². The lowest BCUT2D eigenvalue weighted by Gasteiger charge is -2.09. The van der Waals surface area contributed by atoms with E-state index >= 15 is 0 Å². The van der Waals surface area contributed by atoms with E-state index in [4.69, 9.17) is 4.74 Å². The zero-order valence-corrected chi connectivity index (χ0v) is 6.06. The second-order valence-electron chi connectivity index (χ2n) is 1.77. The van der Waals surface area contributed by atoms with Gasteiger partial charge in [-0.2, -0.15) is 8.78 Å². The van der Waals surface area contributed by atoms with Crippen molar-refractivity contribution in [3.05, 3.63) is 12.7 Å². The zero-order chi connectivity index (χ0) is 8.74. The van der Waals surface area contributed by atoms with Crippen molar-refractivity contribution >= 4 is 0 Å². The summed E-state index contributed by atoms with van der Waals surface area (Å²) in [6, 6.07) is 0. The van der Waals surface area contributed by atoms with Crippen LogP contribution in [0.15, 0.2) is 12.7 Å². The minimum Gasteiger partial charge on any atom is -0.375 e. The van der Waals surface area contributed by atoms with Crippen LogP contribution in [0, 0.1) is 0 Å². The summed E-state index contributed by atoms with van der Waals surface area (Å²) < 4.78 is 32.0. The SMILES string of the molecule is C=CCOCCOC(N)(F)F. The highest BCUT2D eigenvalue weighted by atomic mass is 19.3. The molecular weight excluding hydrogens is 156 g/mol. The number of hydrogen-bond acceptors (Lipinski definition) is 3. The number of alkyl halides is 2. The average Bonchev–Trinajstić information content (AvgIpc) is 1.85. The Morgan fingerprint density at radius 2 is 2.09 bits per heavy atom. The van der Waals surface area contributed by atoms with Crippen LogP contribution in [0.4, 0.5) is 8.78 Å². The first-order valence-electron chi connectivity index (χ1n) is 3.05. The molecule has 0 unspecified atom stereocenters. The van der Waals surface area contributed by atoms with Crippen molar-refractivity contribution in [1.82, 2.24) is 0 Å². The monoisotopic (exact) mass is 167 g/mol. The van der Waals surface area contributed by atoms with Gasteiger partial charge in [0.1, 0.15) is 0 Å². The second-order valence-corrected chi connectivity index (χ2v) is 1.77. The van der Waals surface area contributed by atoms with Gasteiger partial charge in [0.15, 0.2) is 0 Å². The summed E-state index contributed by atoms with van der Waals surface area (Å²) in [5.41, 5.74) is 4.22. The van der Waals surface area contributed by atoms with E-state index in [1.807, 2.05) is 0 Å². The molecule has 66 valence electrons. The molecule has 0 radical (unpaired) electrons. The highest BCUT2D eigenvalue weighted by molar-refractivity contribution is 4.63. The third-order valence-corrected chi connectivity index (χ3v) is 0.758. The van der Waals surface area contributed by atoms with Gasteiger partial charge in [0.2, 0.25) is 0 Å². The van der Waals surface area contributed by atoms with E-state index in [-0.39, 0.29) is 13.2 Å². The molecule has 0 aliphatic carbocycles. The van der Waals surface area contributed by atoms with Crippen molar-refractivity contribution in [3.63, 3.8) is 0 Å². The Labute approximate surface area is 63.8 Å². The molecule has 0 aliphatic rings. The Morgan fingerprint density at radius 1 is 1.45 bits per heavy atom. The molecule has 0 rings (SSSR count). The minimum atomic E-state index is -3.56. The topological polar surface area (TPSA) is 44.5 Å². The fraction of sp³-hybridized carbons (Fsp3) is 0.667. The van der Waals surface area contributed by atoms with Gasteiger partial charge in [-0.1, -0.05) is 6.08 Å². The lowest BCUT2D eigenvalue weighted by Crippen LogP contribution is -2.33. The Morgan fingerprint density at radius 3 is 2.55 bits per heavy atom. The number of hydrogen-bond donors (Lipinski definition) is 1. The van der Waals surface area contributed by atoms with Crippen molar-refractivity contribution in [3.8, 4) is 0 Å². The van der Waals surface area contributed by atoms with Crippen LogP contribution in [-0.4, -0.2) is 26.1 Å². The van der Waals surface area contributed by atoms with Gasteiger partial charge in [-0.05, 0) is 0 Å². The molecule has 0 saturated carbocycles. The molecular formula is C6H11F2NO2. The molecule has 0 spiro atoms. The fourth-order valence-electron chi connectivity index (χ4n) is 0.403. The number of ether oxygens (including phenoxy) is 2. The molecule has 0 aromatic heterocycles. The average molecular weight is 167 g/mol. The summed E-state index contributed by atoms with van der Waals surface area (Å²) in [4.78, 5) is 0. The van der Waals surface area contributed by atoms with Gasteiger partial charge in [-0.3, -0.25) is 0 Å². The lowest BCUT2D eigenvalue weighted by molar-refractivity contribution is -0.238. The van der Waals surface area contributed by atoms with Crippen LogP contribution in [0.2, 0.25) is 0 Å². The molecule has 2 N–H and O–H groups in total. The van der Waals surface area contributed by atoms with E-state index < -0.39 is 6.23 Å². The van der Waals surface area contributed by atoms with Crippen LogP contribution in [-0.2, 0) is 9.47 Å². The van der Waals surface area contributed by atoms with Crippen LogP contribution in [0.5, 0.6) is 0 Å². The maximum Gasteiger partial charge on any atom is 0.419 e. The zero-order valence-electron chi connectivity index (χ0n) is 6.06. The van der Waals surface area contributed by atoms with Gasteiger partial charge in [-0.25, -0.2) is 5.73 Å². The Hall–Kier alpha value is -0.520. The van der Waals surface area contributed by atoms with Crippen LogP contribution in [0.25, 0.3) is 0 Å². The molecule has 5 heteroatoms. The number of rotatable bonds is 6. The molecule has 11 heavy (non-hydrogen) atoms. The first-order chi connectivity index (χ1) is 5.06. The second kappa shape index (κ2) is 5.17. The Kier molecular flexibility index (Phi) is 4.93. The van der Waals surface area contributed by atoms with Gasteiger partial charge in [0, 0.05) is 0 Å². The van der Waals surface area contributed by atoms with Gasteiger partial charge < -0.3 is 9.47 Å². The lowest BCUT2D eigenvalue weighted by atomic mass is 10.7. The van der Waals surface area contributed by atoms with E-state index in [2.05, 4.69) is 17.0 Å². The van der Waals surface area contributed by atoms with Crippen LogP contribution in [0.3, 0.4) is 0 Å². The van der Waals surface area contributed by atoms with Crippen LogP contribution in [0.1, 0.15) is 0 Å². The van der Waals surface area contributed by atoms with Crippen molar-refractivity contribution in [2.75, 3.05) is 19.8 Å². The van der Waals surface area contributed by atoms with Crippen molar-refractivity contribution in [2.45, 2.75) is 6.23 Å². The summed E-state index contributed by atoms with van der Waals surface area (Å²) in [6.07, 6.45) is -2.04. The molecule has 0 aromatic carbocycles. The first kappa shape index (κ1) is 10.5. The third-order valence-electron chi connectivity index (χ3n) is 0.758. The number of nitrogens with two attached hydrogens (primary N) is 1. The normalized spacial score (nSPS) is 11.5. The highest BCUT2D eigenvalue weighted by Crippen LogP contribution is 2.04. The van der Waals surface area contributed by atoms with Crippen molar-refractivity contribution < 1.29 is 18.3 Å². The minimum absolute atomic E-state index is 0.0822. The van der Waals surface area contributed by atoms with Gasteiger partial charge >= 0.3 is 6.23 Å². The van der Waals surface area contributed by atoms with Crippen LogP contribution >= 0.6 is 0 Å². The van der Waals surface area contributed by atoms with Crippen molar-refractivity contribution in [2.24, 2.45) is 5.73 Å². The molecule has 0 aliphatic heterocycles. The molecule has 0 bridgehead atoms. The van der Waals surface area contributed by atoms with E-state index in [0.29, 0.717) is 6.61 Å². The molecule has 0 fully saturated rings. The Balaban J connectivity index is 3.08. The fourth-order valence-corrected chi connectivity index (χ4v) is 0.403. The molecule has 0 atom stereocenters. The molecule has 3 nitrogen and oxygen atoms in total. The summed E-state index contributed by atoms with van der Waals surface area (Å²) in [6.45, 7) is 3.54. The first-order valence-corrected chi connectivity index (χ1v) is 3.05. The summed E-state index contributed by atoms with van der Waals surface area (Å²) in [5, 5.41) is 0. The highest BCUT2D eigenvalue weighted by Gasteiger charge is 2.21. The van der Waals surface area contributed by atoms with Crippen molar-refractivity contribution in [1.29, 1.82) is 0 Å². The van der Waals surface area contributed by atoms with E-state index in [9.17, 15) is 8.78 Å². The van der Waals surface area contributed by atoms with Crippen LogP contribution < -0.4 is 5.73 Å². The largest absolute Gasteiger partial charge is 0.419 e. The molecule has 0 saturated heterocycles. The quantitative estimate of drug-likeness (QED) is 0.274. The summed E-state index contributed by atoms with van der Waals surface area (Å²) >= 11 is 0. The maximum absolute atomic E-state index is 11.7. The number of halogens is 2. The summed E-state index contributed by atoms with van der Waals surface area (Å²) in [5.74, 6) is 0. The van der Waals surface area contributed by atoms with E-state index in [1.54, 1.807) is 0 Å². The third kappa shape index (κ3) is 9.48.